The summed E-state index contributed by atoms with van der Waals surface area (Å²) in [4.78, 5) is 16.0. The molecule has 0 amide bonds. The molecule has 4 nitrogen and oxygen atoms in total. The van der Waals surface area contributed by atoms with Crippen molar-refractivity contribution in [2.24, 2.45) is 0 Å². The van der Waals surface area contributed by atoms with Gasteiger partial charge in [-0.25, -0.2) is 4.98 Å². The molecule has 5 heteroatoms. The van der Waals surface area contributed by atoms with E-state index in [4.69, 9.17) is 5.11 Å². The van der Waals surface area contributed by atoms with E-state index in [2.05, 4.69) is 20.9 Å². The minimum absolute atomic E-state index is 0.106. The molecule has 0 saturated carbocycles. The van der Waals surface area contributed by atoms with E-state index >= 15 is 0 Å². The molecule has 1 heterocycles. The molecule has 0 atom stereocenters. The molecule has 0 aliphatic heterocycles. The lowest BCUT2D eigenvalue weighted by molar-refractivity contribution is 0.475. The quantitative estimate of drug-likeness (QED) is 0.922. The summed E-state index contributed by atoms with van der Waals surface area (Å²) in [5, 5.41) is 9.17. The number of phenols is 1. The molecule has 0 radical (unpaired) electrons. The van der Waals surface area contributed by atoms with Crippen molar-refractivity contribution >= 4 is 15.9 Å². The van der Waals surface area contributed by atoms with Crippen LogP contribution >= 0.6 is 15.9 Å². The van der Waals surface area contributed by atoms with Gasteiger partial charge in [0.1, 0.15) is 10.2 Å². The molecule has 0 spiro atoms. The monoisotopic (exact) mass is 294 g/mol. The van der Waals surface area contributed by atoms with Crippen LogP contribution in [0.15, 0.2) is 39.9 Å². The fourth-order valence-corrected chi connectivity index (χ4v) is 1.79. The van der Waals surface area contributed by atoms with E-state index in [1.807, 2.05) is 0 Å². The van der Waals surface area contributed by atoms with Gasteiger partial charge in [-0.1, -0.05) is 12.1 Å². The number of benzene rings is 1. The summed E-state index contributed by atoms with van der Waals surface area (Å²) in [5.74, 6) is 0.212. The highest BCUT2D eigenvalue weighted by molar-refractivity contribution is 9.10. The number of aromatic nitrogens is 2. The van der Waals surface area contributed by atoms with Gasteiger partial charge in [0.25, 0.3) is 5.56 Å². The Balaban J connectivity index is 2.34. The maximum Gasteiger partial charge on any atom is 0.268 e. The van der Waals surface area contributed by atoms with E-state index in [1.165, 1.54) is 10.9 Å². The lowest BCUT2D eigenvalue weighted by Gasteiger charge is -2.07. The number of hydrogen-bond donors (Lipinski definition) is 1. The second-order valence-electron chi connectivity index (χ2n) is 3.74. The van der Waals surface area contributed by atoms with E-state index in [0.29, 0.717) is 16.7 Å². The van der Waals surface area contributed by atoms with Crippen LogP contribution in [0.25, 0.3) is 0 Å². The van der Waals surface area contributed by atoms with Gasteiger partial charge in [0.05, 0.1) is 18.6 Å². The molecule has 2 rings (SSSR count). The molecule has 0 fully saturated rings. The van der Waals surface area contributed by atoms with Crippen LogP contribution in [0.2, 0.25) is 0 Å². The number of halogens is 1. The largest absolute Gasteiger partial charge is 0.508 e. The standard InChI is InChI=1S/C12H11BrN2O2/c1-8-11(13)12(17)15(7-14-8)6-9-2-4-10(16)5-3-9/h2-5,7,16H,6H2,1H3. The van der Waals surface area contributed by atoms with Crippen LogP contribution in [0.4, 0.5) is 0 Å². The maximum absolute atomic E-state index is 11.9. The third-order valence-electron chi connectivity index (χ3n) is 2.45. The van der Waals surface area contributed by atoms with Crippen LogP contribution in [-0.4, -0.2) is 14.7 Å². The van der Waals surface area contributed by atoms with Gasteiger partial charge in [-0.15, -0.1) is 0 Å². The van der Waals surface area contributed by atoms with Gasteiger partial charge in [0, 0.05) is 0 Å². The van der Waals surface area contributed by atoms with Crippen molar-refractivity contribution in [1.29, 1.82) is 0 Å². The molecular formula is C12H11BrN2O2. The second-order valence-corrected chi connectivity index (χ2v) is 4.54. The molecular weight excluding hydrogens is 284 g/mol. The van der Waals surface area contributed by atoms with Crippen molar-refractivity contribution in [2.45, 2.75) is 13.5 Å². The summed E-state index contributed by atoms with van der Waals surface area (Å²) in [5.41, 5.74) is 1.50. The normalized spacial score (nSPS) is 10.5. The van der Waals surface area contributed by atoms with Gasteiger partial charge in [-0.2, -0.15) is 0 Å². The summed E-state index contributed by atoms with van der Waals surface area (Å²) in [6.45, 7) is 2.21. The third-order valence-corrected chi connectivity index (χ3v) is 3.36. The molecule has 0 unspecified atom stereocenters. The molecule has 0 saturated heterocycles. The van der Waals surface area contributed by atoms with Crippen LogP contribution in [0.1, 0.15) is 11.3 Å². The van der Waals surface area contributed by atoms with Gasteiger partial charge < -0.3 is 5.11 Å². The highest BCUT2D eigenvalue weighted by Crippen LogP contribution is 2.11. The smallest absolute Gasteiger partial charge is 0.268 e. The van der Waals surface area contributed by atoms with Crippen LogP contribution in [0, 0.1) is 6.92 Å². The fraction of sp³-hybridized carbons (Fsp3) is 0.167. The van der Waals surface area contributed by atoms with Crippen LogP contribution < -0.4 is 5.56 Å². The lowest BCUT2D eigenvalue weighted by atomic mass is 10.2. The highest BCUT2D eigenvalue weighted by Gasteiger charge is 2.05. The van der Waals surface area contributed by atoms with Crippen molar-refractivity contribution in [3.05, 3.63) is 56.7 Å². The predicted molar refractivity (Wildman–Crippen MR) is 68.1 cm³/mol. The van der Waals surface area contributed by atoms with Crippen molar-refractivity contribution in [2.75, 3.05) is 0 Å². The SMILES string of the molecule is Cc1ncn(Cc2ccc(O)cc2)c(=O)c1Br. The molecule has 1 N–H and O–H groups in total. The Morgan fingerprint density at radius 3 is 2.65 bits per heavy atom. The van der Waals surface area contributed by atoms with Crippen LogP contribution in [0.5, 0.6) is 5.75 Å². The first kappa shape index (κ1) is 11.9. The van der Waals surface area contributed by atoms with Gasteiger partial charge >= 0.3 is 0 Å². The summed E-state index contributed by atoms with van der Waals surface area (Å²) >= 11 is 3.22. The van der Waals surface area contributed by atoms with E-state index in [-0.39, 0.29) is 11.3 Å². The summed E-state index contributed by atoms with van der Waals surface area (Å²) in [6, 6.07) is 6.74. The fourth-order valence-electron chi connectivity index (χ4n) is 1.46. The topological polar surface area (TPSA) is 55.1 Å². The number of phenolic OH excluding ortho intramolecular Hbond substituents is 1. The number of aryl methyl sites for hydroxylation is 1. The number of nitrogens with zero attached hydrogens (tertiary/aromatic N) is 2. The van der Waals surface area contributed by atoms with Gasteiger partial charge in [0.2, 0.25) is 0 Å². The molecule has 0 bridgehead atoms. The van der Waals surface area contributed by atoms with Crippen LogP contribution in [-0.2, 0) is 6.54 Å². The van der Waals surface area contributed by atoms with Crippen molar-refractivity contribution < 1.29 is 5.11 Å². The minimum Gasteiger partial charge on any atom is -0.508 e. The Morgan fingerprint density at radius 2 is 2.00 bits per heavy atom. The Bertz CT molecular complexity index is 590. The van der Waals surface area contributed by atoms with Gasteiger partial charge in [-0.05, 0) is 40.5 Å². The van der Waals surface area contributed by atoms with Crippen molar-refractivity contribution in [1.82, 2.24) is 9.55 Å². The summed E-state index contributed by atoms with van der Waals surface area (Å²) in [6.07, 6.45) is 1.52. The van der Waals surface area contributed by atoms with E-state index in [9.17, 15) is 4.79 Å². The zero-order chi connectivity index (χ0) is 12.4. The molecule has 1 aromatic carbocycles. The Labute approximate surface area is 107 Å². The summed E-state index contributed by atoms with van der Waals surface area (Å²) < 4.78 is 2.00. The predicted octanol–water partition coefficient (Wildman–Crippen LogP) is 2.07. The average Bonchev–Trinajstić information content (AvgIpc) is 2.33. The Kier molecular flexibility index (Phi) is 3.28. The molecule has 0 aliphatic carbocycles. The molecule has 0 aliphatic rings. The number of rotatable bonds is 2. The van der Waals surface area contributed by atoms with E-state index in [0.717, 1.165) is 5.56 Å². The number of aromatic hydroxyl groups is 1. The van der Waals surface area contributed by atoms with Crippen LogP contribution in [0.3, 0.4) is 0 Å². The lowest BCUT2D eigenvalue weighted by Crippen LogP contribution is -2.22. The zero-order valence-electron chi connectivity index (χ0n) is 9.22. The average molecular weight is 295 g/mol. The maximum atomic E-state index is 11.9. The van der Waals surface area contributed by atoms with Gasteiger partial charge in [0.15, 0.2) is 0 Å². The molecule has 1 aromatic heterocycles. The van der Waals surface area contributed by atoms with Crippen molar-refractivity contribution in [3.8, 4) is 5.75 Å². The first-order chi connectivity index (χ1) is 8.08. The highest BCUT2D eigenvalue weighted by atomic mass is 79.9. The Morgan fingerprint density at radius 1 is 1.35 bits per heavy atom. The minimum atomic E-state index is -0.106. The first-order valence-electron chi connectivity index (χ1n) is 5.07. The molecule has 2 aromatic rings. The zero-order valence-corrected chi connectivity index (χ0v) is 10.8. The molecule has 88 valence electrons. The number of hydrogen-bond acceptors (Lipinski definition) is 3. The Hall–Kier alpha value is -1.62. The first-order valence-corrected chi connectivity index (χ1v) is 5.86. The third kappa shape index (κ3) is 2.55. The summed E-state index contributed by atoms with van der Waals surface area (Å²) in [7, 11) is 0. The second kappa shape index (κ2) is 4.71. The van der Waals surface area contributed by atoms with Crippen molar-refractivity contribution in [3.63, 3.8) is 0 Å². The van der Waals surface area contributed by atoms with Gasteiger partial charge in [-0.3, -0.25) is 9.36 Å². The van der Waals surface area contributed by atoms with E-state index < -0.39 is 0 Å². The van der Waals surface area contributed by atoms with E-state index in [1.54, 1.807) is 31.2 Å². The molecule has 17 heavy (non-hydrogen) atoms.